The Kier molecular flexibility index (Phi) is 60.3. The molecule has 0 radical (unpaired) electrons. The first kappa shape index (κ1) is 81.2. The van der Waals surface area contributed by atoms with E-state index in [9.17, 15) is 19.0 Å². The maximum atomic E-state index is 13.6. The molecule has 486 valence electrons. The summed E-state index contributed by atoms with van der Waals surface area (Å²) in [5, 5.41) is 3.03. The second kappa shape index (κ2) is 63.2. The number of unbranched alkanes of at least 4 members (excludes halogenated alkanes) is 25. The van der Waals surface area contributed by atoms with Crippen molar-refractivity contribution in [1.29, 1.82) is 0 Å². The van der Waals surface area contributed by atoms with E-state index in [2.05, 4.69) is 148 Å². The molecule has 0 aliphatic rings. The molecule has 0 saturated carbocycles. The summed E-state index contributed by atoms with van der Waals surface area (Å²) in [6, 6.07) is -0.907. The van der Waals surface area contributed by atoms with E-state index in [-0.39, 0.29) is 24.9 Å². The number of rotatable bonds is 61. The van der Waals surface area contributed by atoms with Crippen LogP contribution in [-0.2, 0) is 27.9 Å². The lowest BCUT2D eigenvalue weighted by molar-refractivity contribution is -0.870. The van der Waals surface area contributed by atoms with E-state index in [1.165, 1.54) is 96.3 Å². The summed E-state index contributed by atoms with van der Waals surface area (Å²) in [5.74, 6) is -0.567. The van der Waals surface area contributed by atoms with Crippen molar-refractivity contribution in [3.63, 3.8) is 0 Å². The van der Waals surface area contributed by atoms with Gasteiger partial charge in [0.15, 0.2) is 0 Å². The molecule has 0 spiro atoms. The number of quaternary nitrogens is 1. The Morgan fingerprint density at radius 1 is 0.424 bits per heavy atom. The smallest absolute Gasteiger partial charge is 0.306 e. The van der Waals surface area contributed by atoms with Crippen molar-refractivity contribution in [2.75, 3.05) is 40.9 Å². The fourth-order valence-corrected chi connectivity index (χ4v) is 10.1. The number of ether oxygens (including phenoxy) is 1. The quantitative estimate of drug-likeness (QED) is 0.0212. The van der Waals surface area contributed by atoms with Gasteiger partial charge in [-0.15, -0.1) is 0 Å². The molecule has 1 amide bonds. The topological polar surface area (TPSA) is 114 Å². The number of esters is 1. The number of likely N-dealkylation sites (N-methyl/N-ethyl adjacent to an activating group) is 1. The van der Waals surface area contributed by atoms with Crippen LogP contribution in [0, 0.1) is 0 Å². The van der Waals surface area contributed by atoms with Crippen LogP contribution >= 0.6 is 7.82 Å². The molecule has 0 rings (SSSR count). The maximum absolute atomic E-state index is 13.6. The van der Waals surface area contributed by atoms with Crippen molar-refractivity contribution < 1.29 is 37.3 Å². The summed E-state index contributed by atoms with van der Waals surface area (Å²) in [6.45, 7) is 6.60. The molecule has 0 heterocycles. The minimum Gasteiger partial charge on any atom is -0.756 e. The number of amides is 1. The van der Waals surface area contributed by atoms with Crippen LogP contribution in [-0.4, -0.2) is 69.4 Å². The van der Waals surface area contributed by atoms with E-state index >= 15 is 0 Å². The molecule has 3 atom stereocenters. The van der Waals surface area contributed by atoms with Gasteiger partial charge in [0, 0.05) is 12.8 Å². The molecule has 0 aliphatic heterocycles. The van der Waals surface area contributed by atoms with Crippen molar-refractivity contribution in [2.24, 2.45) is 0 Å². The van der Waals surface area contributed by atoms with Gasteiger partial charge in [-0.25, -0.2) is 0 Å². The van der Waals surface area contributed by atoms with Crippen molar-refractivity contribution in [1.82, 2.24) is 5.32 Å². The lowest BCUT2D eigenvalue weighted by Crippen LogP contribution is -2.47. The van der Waals surface area contributed by atoms with E-state index in [0.29, 0.717) is 23.9 Å². The maximum Gasteiger partial charge on any atom is 0.306 e. The molecule has 0 aromatic carbocycles. The third-order valence-corrected chi connectivity index (χ3v) is 15.5. The zero-order chi connectivity index (χ0) is 62.1. The second-order valence-corrected chi connectivity index (χ2v) is 25.3. The van der Waals surface area contributed by atoms with Crippen LogP contribution < -0.4 is 10.2 Å². The van der Waals surface area contributed by atoms with Crippen molar-refractivity contribution >= 4 is 19.7 Å². The van der Waals surface area contributed by atoms with E-state index in [0.717, 1.165) is 141 Å². The predicted molar refractivity (Wildman–Crippen MR) is 366 cm³/mol. The molecular weight excluding hydrogens is 1070 g/mol. The molecule has 0 saturated heterocycles. The minimum atomic E-state index is -4.72. The van der Waals surface area contributed by atoms with E-state index in [4.69, 9.17) is 13.8 Å². The van der Waals surface area contributed by atoms with Crippen LogP contribution in [0.2, 0.25) is 0 Å². The number of phosphoric acid groups is 1. The Labute approximate surface area is 524 Å². The van der Waals surface area contributed by atoms with Crippen LogP contribution in [0.4, 0.5) is 0 Å². The van der Waals surface area contributed by atoms with E-state index in [1.54, 1.807) is 0 Å². The third kappa shape index (κ3) is 64.5. The van der Waals surface area contributed by atoms with Gasteiger partial charge in [-0.05, 0) is 122 Å². The molecule has 0 fully saturated rings. The molecule has 0 aromatic heterocycles. The summed E-state index contributed by atoms with van der Waals surface area (Å²) in [6.07, 6.45) is 90.0. The average molecular weight is 1200 g/mol. The minimum absolute atomic E-state index is 0.0325. The molecule has 0 bridgehead atoms. The zero-order valence-electron chi connectivity index (χ0n) is 55.5. The summed E-state index contributed by atoms with van der Waals surface area (Å²) >= 11 is 0. The van der Waals surface area contributed by atoms with Crippen LogP contribution in [0.5, 0.6) is 0 Å². The van der Waals surface area contributed by atoms with Crippen LogP contribution in [0.15, 0.2) is 134 Å². The fraction of sp³-hybridized carbons (Fsp3) is 0.680. The standard InChI is InChI=1S/C75H129N2O7P/c1-7-10-13-16-19-22-25-27-29-31-33-35-37-38-40-41-43-45-47-49-52-55-58-61-64-67-74(78)76-72(71-83-85(80,81)82-70-69-77(4,5)6)73(66-63-60-57-54-51-24-21-18-15-12-9-3)84-75(79)68-65-62-59-56-53-50-48-46-44-42-39-36-34-32-30-28-26-23-20-17-14-11-8-2/h10-11,13-14,19-20,22-23,27-30,33-36,38,40,42,44,63,66,72-73H,7-9,12,15-18,21,24-26,31-32,37,39,41,43,45-62,64-65,67-71H2,1-6H3,(H-,76,78,80,81)/b13-10-,14-11-,22-19-,23-20-,29-27-,30-28-,35-33-,36-34-,40-38-,44-42-,66-63+. The Hall–Kier alpha value is -3.85. The van der Waals surface area contributed by atoms with Crippen molar-refractivity contribution in [3.8, 4) is 0 Å². The zero-order valence-corrected chi connectivity index (χ0v) is 56.4. The van der Waals surface area contributed by atoms with Gasteiger partial charge in [0.2, 0.25) is 5.91 Å². The SMILES string of the molecule is CC/C=C\C/C=C\C/C=C\C/C=C\C/C=C\CCCCCCCCCCCC(=O)NC(COP(=O)([O-])OCC[N+](C)(C)C)C(/C=C/CCCCCCCCCCC)OC(=O)CCCCCCCCC/C=C\C/C=C\C/C=C\C/C=C\C/C=C\CC. The summed E-state index contributed by atoms with van der Waals surface area (Å²) in [5.41, 5.74) is 0. The van der Waals surface area contributed by atoms with Crippen LogP contribution in [0.25, 0.3) is 0 Å². The van der Waals surface area contributed by atoms with E-state index < -0.39 is 26.6 Å². The van der Waals surface area contributed by atoms with E-state index in [1.807, 2.05) is 33.3 Å². The number of nitrogens with one attached hydrogen (secondary N) is 1. The van der Waals surface area contributed by atoms with Crippen molar-refractivity contribution in [3.05, 3.63) is 134 Å². The number of allylic oxidation sites excluding steroid dienone is 21. The largest absolute Gasteiger partial charge is 0.756 e. The molecular formula is C75H129N2O7P. The molecule has 3 unspecified atom stereocenters. The normalized spacial score (nSPS) is 14.4. The van der Waals surface area contributed by atoms with Crippen molar-refractivity contribution in [2.45, 2.75) is 290 Å². The van der Waals surface area contributed by atoms with Gasteiger partial charge in [-0.2, -0.15) is 0 Å². The highest BCUT2D eigenvalue weighted by Crippen LogP contribution is 2.38. The summed E-state index contributed by atoms with van der Waals surface area (Å²) in [7, 11) is 1.16. The fourth-order valence-electron chi connectivity index (χ4n) is 9.34. The Morgan fingerprint density at radius 2 is 0.753 bits per heavy atom. The van der Waals surface area contributed by atoms with Gasteiger partial charge < -0.3 is 28.5 Å². The Bertz CT molecular complexity index is 1920. The first-order chi connectivity index (χ1) is 41.4. The number of hydrogen-bond acceptors (Lipinski definition) is 7. The third-order valence-electron chi connectivity index (χ3n) is 14.6. The lowest BCUT2D eigenvalue weighted by atomic mass is 10.0. The summed E-state index contributed by atoms with van der Waals surface area (Å²) < 4.78 is 30.4. The molecule has 0 aromatic rings. The molecule has 9 nitrogen and oxygen atoms in total. The second-order valence-electron chi connectivity index (χ2n) is 23.9. The highest BCUT2D eigenvalue weighted by Gasteiger charge is 2.27. The highest BCUT2D eigenvalue weighted by atomic mass is 31.2. The first-order valence-corrected chi connectivity index (χ1v) is 36.0. The van der Waals surface area contributed by atoms with Gasteiger partial charge in [-0.1, -0.05) is 277 Å². The monoisotopic (exact) mass is 1200 g/mol. The highest BCUT2D eigenvalue weighted by molar-refractivity contribution is 7.45. The Morgan fingerprint density at radius 3 is 1.13 bits per heavy atom. The van der Waals surface area contributed by atoms with Gasteiger partial charge in [0.25, 0.3) is 7.82 Å². The van der Waals surface area contributed by atoms with Gasteiger partial charge in [0.05, 0.1) is 33.8 Å². The molecule has 10 heteroatoms. The number of hydrogen-bond donors (Lipinski definition) is 1. The van der Waals surface area contributed by atoms with Gasteiger partial charge >= 0.3 is 5.97 Å². The number of nitrogens with zero attached hydrogens (tertiary/aromatic N) is 1. The molecule has 85 heavy (non-hydrogen) atoms. The average Bonchev–Trinajstić information content (AvgIpc) is 3.64. The van der Waals surface area contributed by atoms with Gasteiger partial charge in [-0.3, -0.25) is 14.2 Å². The molecule has 0 aliphatic carbocycles. The van der Waals surface area contributed by atoms with Crippen LogP contribution in [0.3, 0.4) is 0 Å². The lowest BCUT2D eigenvalue weighted by Gasteiger charge is -2.30. The molecule has 1 N–H and O–H groups in total. The Balaban J connectivity index is 5.12. The summed E-state index contributed by atoms with van der Waals surface area (Å²) in [4.78, 5) is 40.1. The predicted octanol–water partition coefficient (Wildman–Crippen LogP) is 21.4. The number of carbonyl (C=O) groups is 2. The number of phosphoric ester groups is 1. The van der Waals surface area contributed by atoms with Gasteiger partial charge in [0.1, 0.15) is 19.3 Å². The number of carbonyl (C=O) groups excluding carboxylic acids is 2. The van der Waals surface area contributed by atoms with Crippen LogP contribution in [0.1, 0.15) is 278 Å². The first-order valence-electron chi connectivity index (χ1n) is 34.5.